The first kappa shape index (κ1) is 12.4. The van der Waals surface area contributed by atoms with Gasteiger partial charge in [-0.1, -0.05) is 17.4 Å². The number of rotatable bonds is 3. The molecular weight excluding hydrogens is 255 g/mol. The van der Waals surface area contributed by atoms with Crippen molar-refractivity contribution in [1.82, 2.24) is 10.2 Å². The maximum absolute atomic E-state index is 13.2. The average molecular weight is 266 g/mol. The molecule has 94 valence electrons. The summed E-state index contributed by atoms with van der Waals surface area (Å²) in [7, 11) is 0. The molecule has 2 rings (SSSR count). The van der Waals surface area contributed by atoms with Gasteiger partial charge >= 0.3 is 0 Å². The van der Waals surface area contributed by atoms with Crippen molar-refractivity contribution in [3.05, 3.63) is 35.1 Å². The number of nitrogens with zero attached hydrogens (tertiary/aromatic N) is 3. The Bertz CT molecular complexity index is 572. The molecule has 2 aromatic rings. The summed E-state index contributed by atoms with van der Waals surface area (Å²) in [6.07, 6.45) is 0. The van der Waals surface area contributed by atoms with Gasteiger partial charge in [-0.25, -0.2) is 4.39 Å². The van der Waals surface area contributed by atoms with Gasteiger partial charge < -0.3 is 10.6 Å². The number of hydrogen-bond donors (Lipinski definition) is 1. The van der Waals surface area contributed by atoms with E-state index in [4.69, 9.17) is 5.73 Å². The van der Waals surface area contributed by atoms with Crippen LogP contribution in [0.4, 0.5) is 15.2 Å². The van der Waals surface area contributed by atoms with Crippen LogP contribution in [0.25, 0.3) is 0 Å². The molecule has 1 heterocycles. The fourth-order valence-corrected chi connectivity index (χ4v) is 2.08. The molecule has 0 saturated heterocycles. The predicted molar refractivity (Wildman–Crippen MR) is 68.1 cm³/mol. The largest absolute Gasteiger partial charge is 0.374 e. The van der Waals surface area contributed by atoms with Crippen LogP contribution >= 0.6 is 11.3 Å². The van der Waals surface area contributed by atoms with Crippen molar-refractivity contribution < 1.29 is 9.18 Å². The van der Waals surface area contributed by atoms with Crippen LogP contribution in [-0.2, 0) is 0 Å². The van der Waals surface area contributed by atoms with Crippen molar-refractivity contribution in [2.24, 2.45) is 0 Å². The Morgan fingerprint density at radius 3 is 2.83 bits per heavy atom. The number of nitrogen functional groups attached to an aromatic ring is 1. The van der Waals surface area contributed by atoms with Gasteiger partial charge in [-0.3, -0.25) is 4.79 Å². The van der Waals surface area contributed by atoms with E-state index in [1.165, 1.54) is 17.0 Å². The Morgan fingerprint density at radius 2 is 2.28 bits per heavy atom. The Labute approximate surface area is 107 Å². The zero-order valence-electron chi connectivity index (χ0n) is 9.63. The number of amides is 1. The second-order valence-electron chi connectivity index (χ2n) is 3.47. The second kappa shape index (κ2) is 5.09. The van der Waals surface area contributed by atoms with Crippen molar-refractivity contribution in [3.8, 4) is 0 Å². The molecule has 0 saturated carbocycles. The molecular formula is C11H11FN4OS. The zero-order valence-corrected chi connectivity index (χ0v) is 10.4. The van der Waals surface area contributed by atoms with Gasteiger partial charge in [-0.2, -0.15) is 0 Å². The topological polar surface area (TPSA) is 72.1 Å². The third kappa shape index (κ3) is 2.45. The van der Waals surface area contributed by atoms with Crippen LogP contribution in [0.2, 0.25) is 0 Å². The number of aromatic nitrogens is 2. The van der Waals surface area contributed by atoms with Gasteiger partial charge in [0.25, 0.3) is 5.91 Å². The summed E-state index contributed by atoms with van der Waals surface area (Å²) in [6, 6.07) is 5.83. The van der Waals surface area contributed by atoms with Crippen LogP contribution < -0.4 is 10.6 Å². The molecule has 5 nitrogen and oxygen atoms in total. The first-order chi connectivity index (χ1) is 8.61. The van der Waals surface area contributed by atoms with E-state index in [1.54, 1.807) is 19.1 Å². The average Bonchev–Trinajstić information content (AvgIpc) is 2.77. The highest BCUT2D eigenvalue weighted by molar-refractivity contribution is 7.17. The SMILES string of the molecule is CCN(C(=O)c1nnc(N)s1)c1cccc(F)c1. The maximum Gasteiger partial charge on any atom is 0.289 e. The van der Waals surface area contributed by atoms with E-state index < -0.39 is 5.82 Å². The van der Waals surface area contributed by atoms with Gasteiger partial charge in [0.2, 0.25) is 10.1 Å². The summed E-state index contributed by atoms with van der Waals surface area (Å²) in [4.78, 5) is 13.6. The fraction of sp³-hybridized carbons (Fsp3) is 0.182. The van der Waals surface area contributed by atoms with E-state index in [2.05, 4.69) is 10.2 Å². The van der Waals surface area contributed by atoms with Crippen LogP contribution in [0, 0.1) is 5.82 Å². The molecule has 0 fully saturated rings. The number of carbonyl (C=O) groups is 1. The molecule has 0 radical (unpaired) electrons. The Hall–Kier alpha value is -2.02. The van der Waals surface area contributed by atoms with Crippen molar-refractivity contribution in [3.63, 3.8) is 0 Å². The van der Waals surface area contributed by atoms with Crippen LogP contribution in [0.15, 0.2) is 24.3 Å². The highest BCUT2D eigenvalue weighted by atomic mass is 32.1. The number of halogens is 1. The first-order valence-electron chi connectivity index (χ1n) is 5.28. The van der Waals surface area contributed by atoms with Crippen LogP contribution in [0.5, 0.6) is 0 Å². The number of nitrogens with two attached hydrogens (primary N) is 1. The number of anilines is 2. The summed E-state index contributed by atoms with van der Waals surface area (Å²) < 4.78 is 13.2. The Kier molecular flexibility index (Phi) is 3.52. The first-order valence-corrected chi connectivity index (χ1v) is 6.10. The van der Waals surface area contributed by atoms with E-state index in [0.29, 0.717) is 12.2 Å². The Morgan fingerprint density at radius 1 is 1.50 bits per heavy atom. The van der Waals surface area contributed by atoms with Crippen molar-refractivity contribution >= 4 is 28.1 Å². The molecule has 0 bridgehead atoms. The third-order valence-corrected chi connectivity index (χ3v) is 3.05. The number of benzene rings is 1. The van der Waals surface area contributed by atoms with E-state index in [1.807, 2.05) is 0 Å². The normalized spacial score (nSPS) is 10.3. The maximum atomic E-state index is 13.2. The molecule has 0 unspecified atom stereocenters. The minimum Gasteiger partial charge on any atom is -0.374 e. The van der Waals surface area contributed by atoms with Crippen molar-refractivity contribution in [2.45, 2.75) is 6.92 Å². The van der Waals surface area contributed by atoms with Crippen LogP contribution in [-0.4, -0.2) is 22.6 Å². The molecule has 0 spiro atoms. The smallest absolute Gasteiger partial charge is 0.289 e. The monoisotopic (exact) mass is 266 g/mol. The summed E-state index contributed by atoms with van der Waals surface area (Å²) in [5.74, 6) is -0.729. The quantitative estimate of drug-likeness (QED) is 0.921. The number of hydrogen-bond acceptors (Lipinski definition) is 5. The molecule has 7 heteroatoms. The van der Waals surface area contributed by atoms with Crippen LogP contribution in [0.3, 0.4) is 0 Å². The molecule has 0 atom stereocenters. The fourth-order valence-electron chi connectivity index (χ4n) is 1.52. The summed E-state index contributed by atoms with van der Waals surface area (Å²) in [6.45, 7) is 2.20. The van der Waals surface area contributed by atoms with Gasteiger partial charge in [0.15, 0.2) is 0 Å². The molecule has 1 amide bonds. The van der Waals surface area contributed by atoms with Crippen LogP contribution in [0.1, 0.15) is 16.7 Å². The standard InChI is InChI=1S/C11H11FN4OS/c1-2-16(8-5-3-4-7(12)6-8)10(17)9-14-15-11(13)18-9/h3-6H,2H2,1H3,(H2,13,15). The van der Waals surface area contributed by atoms with Gasteiger partial charge in [0.1, 0.15) is 5.82 Å². The minimum absolute atomic E-state index is 0.193. The van der Waals surface area contributed by atoms with E-state index in [-0.39, 0.29) is 16.0 Å². The lowest BCUT2D eigenvalue weighted by atomic mass is 10.2. The molecule has 0 aliphatic rings. The molecule has 0 aliphatic heterocycles. The molecule has 0 aliphatic carbocycles. The highest BCUT2D eigenvalue weighted by Gasteiger charge is 2.20. The Balaban J connectivity index is 2.31. The highest BCUT2D eigenvalue weighted by Crippen LogP contribution is 2.20. The predicted octanol–water partition coefficient (Wildman–Crippen LogP) is 1.93. The molecule has 1 aromatic carbocycles. The van der Waals surface area contributed by atoms with Gasteiger partial charge in [-0.05, 0) is 25.1 Å². The minimum atomic E-state index is -0.393. The molecule has 18 heavy (non-hydrogen) atoms. The van der Waals surface area contributed by atoms with Gasteiger partial charge in [0, 0.05) is 12.2 Å². The van der Waals surface area contributed by atoms with Crippen molar-refractivity contribution in [2.75, 3.05) is 17.2 Å². The zero-order chi connectivity index (χ0) is 13.1. The van der Waals surface area contributed by atoms with Gasteiger partial charge in [0.05, 0.1) is 0 Å². The molecule has 2 N–H and O–H groups in total. The summed E-state index contributed by atoms with van der Waals surface area (Å²) >= 11 is 1.01. The lowest BCUT2D eigenvalue weighted by Crippen LogP contribution is -2.30. The lowest BCUT2D eigenvalue weighted by molar-refractivity contribution is 0.0987. The lowest BCUT2D eigenvalue weighted by Gasteiger charge is -2.19. The summed E-state index contributed by atoms with van der Waals surface area (Å²) in [5.41, 5.74) is 5.92. The third-order valence-electron chi connectivity index (χ3n) is 2.30. The van der Waals surface area contributed by atoms with E-state index in [0.717, 1.165) is 11.3 Å². The second-order valence-corrected chi connectivity index (χ2v) is 4.48. The summed E-state index contributed by atoms with van der Waals surface area (Å²) in [5, 5.41) is 7.70. The van der Waals surface area contributed by atoms with E-state index >= 15 is 0 Å². The van der Waals surface area contributed by atoms with E-state index in [9.17, 15) is 9.18 Å². The van der Waals surface area contributed by atoms with Gasteiger partial charge in [-0.15, -0.1) is 10.2 Å². The van der Waals surface area contributed by atoms with Crippen molar-refractivity contribution in [1.29, 1.82) is 0 Å². The number of carbonyl (C=O) groups excluding carboxylic acids is 1. The molecule has 1 aromatic heterocycles.